The lowest BCUT2D eigenvalue weighted by Crippen LogP contribution is -2.05. The largest absolute Gasteiger partial charge is 0.279 e. The summed E-state index contributed by atoms with van der Waals surface area (Å²) in [4.78, 5) is 5.27. The van der Waals surface area contributed by atoms with Crippen LogP contribution in [0.25, 0.3) is 75.4 Å². The Balaban J connectivity index is 1.51. The van der Waals surface area contributed by atoms with Crippen LogP contribution in [-0.4, -0.2) is 14.1 Å². The minimum Gasteiger partial charge on any atom is -0.279 e. The number of imidazole rings is 1. The van der Waals surface area contributed by atoms with Crippen molar-refractivity contribution >= 4 is 75.1 Å². The van der Waals surface area contributed by atoms with E-state index in [0.29, 0.717) is 0 Å². The second-order valence-corrected chi connectivity index (χ2v) is 11.2. The quantitative estimate of drug-likeness (QED) is 0.225. The molecule has 3 aromatic heterocycles. The van der Waals surface area contributed by atoms with Gasteiger partial charge in [0.2, 0.25) is 5.95 Å². The fourth-order valence-electron chi connectivity index (χ4n) is 6.13. The van der Waals surface area contributed by atoms with E-state index in [-0.39, 0.29) is 0 Å². The van der Waals surface area contributed by atoms with Gasteiger partial charge in [-0.05, 0) is 65.4 Å². The molecule has 182 valence electrons. The summed E-state index contributed by atoms with van der Waals surface area (Å²) in [6.45, 7) is 0. The Kier molecular flexibility index (Phi) is 4.21. The van der Waals surface area contributed by atoms with Gasteiger partial charge in [-0.3, -0.25) is 9.13 Å². The zero-order valence-electron chi connectivity index (χ0n) is 20.9. The van der Waals surface area contributed by atoms with Gasteiger partial charge in [0.1, 0.15) is 0 Å². The molecule has 4 heteroatoms. The summed E-state index contributed by atoms with van der Waals surface area (Å²) in [5.74, 6) is 0.900. The zero-order chi connectivity index (χ0) is 25.5. The predicted molar refractivity (Wildman–Crippen MR) is 166 cm³/mol. The molecule has 0 aliphatic carbocycles. The van der Waals surface area contributed by atoms with Crippen molar-refractivity contribution < 1.29 is 0 Å². The molecule has 0 saturated carbocycles. The summed E-state index contributed by atoms with van der Waals surface area (Å²) in [7, 11) is 0. The Morgan fingerprint density at radius 3 is 2.05 bits per heavy atom. The Labute approximate surface area is 227 Å². The van der Waals surface area contributed by atoms with Crippen LogP contribution in [0.1, 0.15) is 0 Å². The number of aromatic nitrogens is 3. The third kappa shape index (κ3) is 2.95. The highest BCUT2D eigenvalue weighted by atomic mass is 32.1. The first-order chi connectivity index (χ1) is 19.3. The first-order valence-corrected chi connectivity index (χ1v) is 14.0. The van der Waals surface area contributed by atoms with Gasteiger partial charge in [0.25, 0.3) is 0 Å². The molecular weight excluding hydrogens is 494 g/mol. The lowest BCUT2D eigenvalue weighted by molar-refractivity contribution is 0.956. The van der Waals surface area contributed by atoms with Crippen molar-refractivity contribution in [2.24, 2.45) is 0 Å². The predicted octanol–water partition coefficient (Wildman–Crippen LogP) is 9.64. The molecule has 0 aliphatic rings. The zero-order valence-corrected chi connectivity index (χ0v) is 21.7. The van der Waals surface area contributed by atoms with E-state index in [9.17, 15) is 0 Å². The Hall–Kier alpha value is -4.93. The topological polar surface area (TPSA) is 22.8 Å². The van der Waals surface area contributed by atoms with Crippen LogP contribution < -0.4 is 0 Å². The average molecular weight is 516 g/mol. The van der Waals surface area contributed by atoms with Gasteiger partial charge in [-0.25, -0.2) is 4.98 Å². The van der Waals surface area contributed by atoms with Crippen LogP contribution in [0.4, 0.5) is 0 Å². The van der Waals surface area contributed by atoms with E-state index in [0.717, 1.165) is 28.2 Å². The second kappa shape index (κ2) is 7.79. The minimum atomic E-state index is 0.900. The van der Waals surface area contributed by atoms with E-state index < -0.39 is 0 Å². The monoisotopic (exact) mass is 515 g/mol. The first kappa shape index (κ1) is 21.1. The van der Waals surface area contributed by atoms with Crippen molar-refractivity contribution in [3.05, 3.63) is 127 Å². The lowest BCUT2D eigenvalue weighted by Gasteiger charge is -2.12. The van der Waals surface area contributed by atoms with E-state index in [2.05, 4.69) is 137 Å². The van der Waals surface area contributed by atoms with Crippen LogP contribution in [0, 0.1) is 0 Å². The third-order valence-electron chi connectivity index (χ3n) is 7.89. The van der Waals surface area contributed by atoms with Gasteiger partial charge in [0.15, 0.2) is 0 Å². The Morgan fingerprint density at radius 2 is 1.15 bits per heavy atom. The summed E-state index contributed by atoms with van der Waals surface area (Å²) in [6, 6.07) is 45.8. The van der Waals surface area contributed by atoms with Gasteiger partial charge in [-0.1, -0.05) is 72.8 Å². The SMILES string of the molecule is c1ccc(-n2c(-n3c4cc5ccccc5cc4c4cc5sc6ccccc6c5cc43)nc3ccccc32)cc1. The summed E-state index contributed by atoms with van der Waals surface area (Å²) in [5, 5.41) is 7.56. The van der Waals surface area contributed by atoms with Gasteiger partial charge < -0.3 is 0 Å². The molecule has 0 bridgehead atoms. The standard InChI is InChI=1S/C35H21N3S/c1-2-12-24(13-3-1)37-30-16-8-7-15-29(30)36-35(37)38-31-19-23-11-5-4-10-22(23)18-26(31)27-21-34-28(20-32(27)38)25-14-6-9-17-33(25)39-34/h1-21H. The molecular formula is C35H21N3S. The maximum absolute atomic E-state index is 5.27. The van der Waals surface area contributed by atoms with E-state index >= 15 is 0 Å². The molecule has 0 aliphatic heterocycles. The molecule has 9 aromatic rings. The number of thiophene rings is 1. The van der Waals surface area contributed by atoms with Crippen LogP contribution in [0.15, 0.2) is 127 Å². The molecule has 3 nitrogen and oxygen atoms in total. The Morgan fingerprint density at radius 1 is 0.462 bits per heavy atom. The third-order valence-corrected chi connectivity index (χ3v) is 9.02. The van der Waals surface area contributed by atoms with Gasteiger partial charge in [-0.15, -0.1) is 11.3 Å². The molecule has 0 radical (unpaired) electrons. The van der Waals surface area contributed by atoms with Crippen LogP contribution in [0.2, 0.25) is 0 Å². The fraction of sp³-hybridized carbons (Fsp3) is 0. The van der Waals surface area contributed by atoms with Crippen molar-refractivity contribution in [3.8, 4) is 11.6 Å². The van der Waals surface area contributed by atoms with Crippen molar-refractivity contribution in [2.75, 3.05) is 0 Å². The van der Waals surface area contributed by atoms with E-state index in [1.807, 2.05) is 11.3 Å². The van der Waals surface area contributed by atoms with Crippen molar-refractivity contribution in [1.82, 2.24) is 14.1 Å². The molecule has 39 heavy (non-hydrogen) atoms. The van der Waals surface area contributed by atoms with Gasteiger partial charge in [0, 0.05) is 36.6 Å². The van der Waals surface area contributed by atoms with Gasteiger partial charge >= 0.3 is 0 Å². The van der Waals surface area contributed by atoms with Crippen molar-refractivity contribution in [3.63, 3.8) is 0 Å². The van der Waals surface area contributed by atoms with E-state index in [1.54, 1.807) is 0 Å². The average Bonchev–Trinajstić information content (AvgIpc) is 3.64. The van der Waals surface area contributed by atoms with Gasteiger partial charge in [-0.2, -0.15) is 0 Å². The maximum Gasteiger partial charge on any atom is 0.220 e. The molecule has 6 aromatic carbocycles. The summed E-state index contributed by atoms with van der Waals surface area (Å²) < 4.78 is 7.29. The minimum absolute atomic E-state index is 0.900. The number of fused-ring (bicyclic) bond motifs is 8. The van der Waals surface area contributed by atoms with Crippen molar-refractivity contribution in [1.29, 1.82) is 0 Å². The molecule has 3 heterocycles. The van der Waals surface area contributed by atoms with E-state index in [4.69, 9.17) is 4.98 Å². The summed E-state index contributed by atoms with van der Waals surface area (Å²) in [6.07, 6.45) is 0. The van der Waals surface area contributed by atoms with Crippen LogP contribution in [0.5, 0.6) is 0 Å². The molecule has 9 rings (SSSR count). The molecule has 0 unspecified atom stereocenters. The maximum atomic E-state index is 5.27. The second-order valence-electron chi connectivity index (χ2n) is 10.1. The number of rotatable bonds is 2. The highest BCUT2D eigenvalue weighted by Gasteiger charge is 2.21. The summed E-state index contributed by atoms with van der Waals surface area (Å²) >= 11 is 1.87. The number of para-hydroxylation sites is 3. The van der Waals surface area contributed by atoms with Crippen LogP contribution >= 0.6 is 11.3 Å². The highest BCUT2D eigenvalue weighted by molar-refractivity contribution is 7.25. The number of hydrogen-bond acceptors (Lipinski definition) is 2. The number of benzene rings is 6. The van der Waals surface area contributed by atoms with Crippen LogP contribution in [-0.2, 0) is 0 Å². The first-order valence-electron chi connectivity index (χ1n) is 13.1. The molecule has 0 amide bonds. The highest BCUT2D eigenvalue weighted by Crippen LogP contribution is 2.42. The number of hydrogen-bond donors (Lipinski definition) is 0. The normalized spacial score (nSPS) is 12.1. The fourth-order valence-corrected chi connectivity index (χ4v) is 7.26. The van der Waals surface area contributed by atoms with Crippen LogP contribution in [0.3, 0.4) is 0 Å². The van der Waals surface area contributed by atoms with Gasteiger partial charge in [0.05, 0.1) is 22.1 Å². The van der Waals surface area contributed by atoms with Crippen molar-refractivity contribution in [2.45, 2.75) is 0 Å². The Bertz CT molecular complexity index is 2390. The smallest absolute Gasteiger partial charge is 0.220 e. The van der Waals surface area contributed by atoms with E-state index in [1.165, 1.54) is 47.2 Å². The molecule has 0 fully saturated rings. The lowest BCUT2D eigenvalue weighted by atomic mass is 10.1. The molecule has 0 N–H and O–H groups in total. The molecule has 0 saturated heterocycles. The molecule has 0 spiro atoms. The number of nitrogens with zero attached hydrogens (tertiary/aromatic N) is 3. The summed E-state index contributed by atoms with van der Waals surface area (Å²) in [5.41, 5.74) is 5.51. The molecule has 0 atom stereocenters.